The van der Waals surface area contributed by atoms with Gasteiger partial charge in [0.2, 0.25) is 0 Å². The summed E-state index contributed by atoms with van der Waals surface area (Å²) in [5.74, 6) is 0.848. The number of hydrogen-bond acceptors (Lipinski definition) is 5. The van der Waals surface area contributed by atoms with E-state index in [2.05, 4.69) is 10.3 Å². The van der Waals surface area contributed by atoms with Crippen molar-refractivity contribution in [3.63, 3.8) is 0 Å². The van der Waals surface area contributed by atoms with Crippen molar-refractivity contribution >= 4 is 50.2 Å². The molecule has 0 saturated carbocycles. The molecule has 27 heavy (non-hydrogen) atoms. The summed E-state index contributed by atoms with van der Waals surface area (Å²) in [7, 11) is 1.55. The number of halogens is 1. The van der Waals surface area contributed by atoms with Gasteiger partial charge in [0, 0.05) is 6.54 Å². The number of rotatable bonds is 7. The van der Waals surface area contributed by atoms with Crippen LogP contribution in [0.3, 0.4) is 0 Å². The first-order valence-electron chi connectivity index (χ1n) is 8.41. The molecular weight excluding hydrogens is 384 g/mol. The zero-order chi connectivity index (χ0) is 19.2. The lowest BCUT2D eigenvalue weighted by Gasteiger charge is -2.11. The number of aromatic nitrogens is 1. The van der Waals surface area contributed by atoms with Crippen LogP contribution in [0, 0.1) is 0 Å². The molecule has 140 valence electrons. The van der Waals surface area contributed by atoms with E-state index in [4.69, 9.17) is 21.1 Å². The number of benzene rings is 2. The highest BCUT2D eigenvalue weighted by Crippen LogP contribution is 2.33. The molecule has 1 heterocycles. The van der Waals surface area contributed by atoms with E-state index < -0.39 is 0 Å². The molecule has 1 N–H and O–H groups in total. The van der Waals surface area contributed by atoms with Crippen LogP contribution < -0.4 is 14.8 Å². The minimum absolute atomic E-state index is 0.0636. The van der Waals surface area contributed by atoms with Crippen molar-refractivity contribution in [2.24, 2.45) is 0 Å². The standard InChI is InChI=1S/C20H19ClN2O3S/c1-3-22-19(24)12-26-16-9-8-13(11-17(16)25-2)10-14(21)20-23-15-6-4-5-7-18(15)27-20/h4-11H,3,12H2,1-2H3,(H,22,24)/b14-10-. The summed E-state index contributed by atoms with van der Waals surface area (Å²) in [4.78, 5) is 16.1. The van der Waals surface area contributed by atoms with Gasteiger partial charge in [0.05, 0.1) is 22.4 Å². The molecule has 0 aliphatic carbocycles. The smallest absolute Gasteiger partial charge is 0.257 e. The maximum atomic E-state index is 11.5. The van der Waals surface area contributed by atoms with Crippen molar-refractivity contribution in [3.05, 3.63) is 53.0 Å². The summed E-state index contributed by atoms with van der Waals surface area (Å²) in [5.41, 5.74) is 1.78. The number of nitrogens with one attached hydrogen (secondary N) is 1. The normalized spacial score (nSPS) is 11.4. The highest BCUT2D eigenvalue weighted by Gasteiger charge is 2.10. The van der Waals surface area contributed by atoms with Crippen molar-refractivity contribution < 1.29 is 14.3 Å². The molecule has 3 rings (SSSR count). The largest absolute Gasteiger partial charge is 0.493 e. The molecule has 0 saturated heterocycles. The SMILES string of the molecule is CCNC(=O)COc1ccc(/C=C(\Cl)c2nc3ccccc3s2)cc1OC. The third-order valence-electron chi connectivity index (χ3n) is 3.71. The first-order valence-corrected chi connectivity index (χ1v) is 9.61. The highest BCUT2D eigenvalue weighted by molar-refractivity contribution is 7.20. The van der Waals surface area contributed by atoms with E-state index >= 15 is 0 Å². The zero-order valence-corrected chi connectivity index (χ0v) is 16.6. The number of hydrogen-bond donors (Lipinski definition) is 1. The topological polar surface area (TPSA) is 60.5 Å². The number of ether oxygens (including phenoxy) is 2. The van der Waals surface area contributed by atoms with E-state index in [1.165, 1.54) is 0 Å². The summed E-state index contributed by atoms with van der Waals surface area (Å²) < 4.78 is 12.0. The number of nitrogens with zero attached hydrogens (tertiary/aromatic N) is 1. The third kappa shape index (κ3) is 4.78. The summed E-state index contributed by atoms with van der Waals surface area (Å²) >= 11 is 8.01. The lowest BCUT2D eigenvalue weighted by Crippen LogP contribution is -2.28. The second-order valence-corrected chi connectivity index (χ2v) is 7.07. The molecule has 3 aromatic rings. The van der Waals surface area contributed by atoms with Crippen LogP contribution in [0.5, 0.6) is 11.5 Å². The summed E-state index contributed by atoms with van der Waals surface area (Å²) in [6.45, 7) is 2.36. The van der Waals surface area contributed by atoms with Crippen LogP contribution in [0.1, 0.15) is 17.5 Å². The Bertz CT molecular complexity index is 951. The van der Waals surface area contributed by atoms with E-state index in [1.807, 2.05) is 49.4 Å². The maximum Gasteiger partial charge on any atom is 0.257 e. The van der Waals surface area contributed by atoms with Crippen molar-refractivity contribution in [1.82, 2.24) is 10.3 Å². The molecule has 5 nitrogen and oxygen atoms in total. The highest BCUT2D eigenvalue weighted by atomic mass is 35.5. The molecule has 1 aromatic heterocycles. The molecule has 0 bridgehead atoms. The number of carbonyl (C=O) groups is 1. The molecular formula is C20H19ClN2O3S. The Balaban J connectivity index is 1.79. The molecule has 0 atom stereocenters. The van der Waals surface area contributed by atoms with Crippen molar-refractivity contribution in [3.8, 4) is 11.5 Å². The van der Waals surface area contributed by atoms with Crippen LogP contribution in [0.2, 0.25) is 0 Å². The second-order valence-electron chi connectivity index (χ2n) is 5.63. The van der Waals surface area contributed by atoms with Crippen LogP contribution >= 0.6 is 22.9 Å². The average Bonchev–Trinajstić information content (AvgIpc) is 3.11. The van der Waals surface area contributed by atoms with Crippen LogP contribution in [-0.2, 0) is 4.79 Å². The number of thiazole rings is 1. The molecule has 0 fully saturated rings. The Kier molecular flexibility index (Phi) is 6.32. The van der Waals surface area contributed by atoms with Gasteiger partial charge in [0.25, 0.3) is 5.91 Å². The lowest BCUT2D eigenvalue weighted by molar-refractivity contribution is -0.123. The minimum Gasteiger partial charge on any atom is -0.493 e. The fraction of sp³-hybridized carbons (Fsp3) is 0.200. The fourth-order valence-electron chi connectivity index (χ4n) is 2.47. The van der Waals surface area contributed by atoms with Gasteiger partial charge in [-0.05, 0) is 42.8 Å². The van der Waals surface area contributed by atoms with Crippen LogP contribution in [0.4, 0.5) is 0 Å². The Morgan fingerprint density at radius 1 is 1.26 bits per heavy atom. The van der Waals surface area contributed by atoms with Crippen LogP contribution in [-0.4, -0.2) is 31.2 Å². The van der Waals surface area contributed by atoms with Gasteiger partial charge in [-0.3, -0.25) is 4.79 Å². The van der Waals surface area contributed by atoms with Gasteiger partial charge in [-0.1, -0.05) is 29.8 Å². The molecule has 2 aromatic carbocycles. The van der Waals surface area contributed by atoms with E-state index in [0.717, 1.165) is 20.8 Å². The van der Waals surface area contributed by atoms with Crippen LogP contribution in [0.15, 0.2) is 42.5 Å². The second kappa shape index (κ2) is 8.88. The molecule has 0 aliphatic rings. The first kappa shape index (κ1) is 19.2. The first-order chi connectivity index (χ1) is 13.1. The monoisotopic (exact) mass is 402 g/mol. The molecule has 0 radical (unpaired) electrons. The zero-order valence-electron chi connectivity index (χ0n) is 15.0. The third-order valence-corrected chi connectivity index (χ3v) is 5.18. The van der Waals surface area contributed by atoms with Crippen molar-refractivity contribution in [2.75, 3.05) is 20.3 Å². The van der Waals surface area contributed by atoms with Crippen LogP contribution in [0.25, 0.3) is 21.3 Å². The molecule has 0 aliphatic heterocycles. The number of methoxy groups -OCH3 is 1. The number of amides is 1. The van der Waals surface area contributed by atoms with Gasteiger partial charge in [-0.25, -0.2) is 4.98 Å². The molecule has 0 spiro atoms. The molecule has 0 unspecified atom stereocenters. The number of likely N-dealkylation sites (N-methyl/N-ethyl adjacent to an activating group) is 1. The minimum atomic E-state index is -0.178. The summed E-state index contributed by atoms with van der Waals surface area (Å²) in [6, 6.07) is 13.3. The van der Waals surface area contributed by atoms with Crippen molar-refractivity contribution in [2.45, 2.75) is 6.92 Å². The Hall–Kier alpha value is -2.57. The van der Waals surface area contributed by atoms with Gasteiger partial charge >= 0.3 is 0 Å². The van der Waals surface area contributed by atoms with E-state index in [1.54, 1.807) is 24.5 Å². The number of para-hydroxylation sites is 1. The van der Waals surface area contributed by atoms with E-state index in [-0.39, 0.29) is 12.5 Å². The van der Waals surface area contributed by atoms with E-state index in [9.17, 15) is 4.79 Å². The summed E-state index contributed by atoms with van der Waals surface area (Å²) in [6.07, 6.45) is 1.83. The van der Waals surface area contributed by atoms with Gasteiger partial charge in [-0.2, -0.15) is 0 Å². The molecule has 1 amide bonds. The summed E-state index contributed by atoms with van der Waals surface area (Å²) in [5, 5.41) is 3.99. The van der Waals surface area contributed by atoms with Gasteiger partial charge < -0.3 is 14.8 Å². The maximum absolute atomic E-state index is 11.5. The van der Waals surface area contributed by atoms with Gasteiger partial charge in [-0.15, -0.1) is 11.3 Å². The van der Waals surface area contributed by atoms with Gasteiger partial charge in [0.1, 0.15) is 5.01 Å². The Morgan fingerprint density at radius 2 is 2.07 bits per heavy atom. The number of fused-ring (bicyclic) bond motifs is 1. The molecule has 7 heteroatoms. The lowest BCUT2D eigenvalue weighted by atomic mass is 10.2. The fourth-order valence-corrected chi connectivity index (χ4v) is 3.62. The van der Waals surface area contributed by atoms with Gasteiger partial charge in [0.15, 0.2) is 18.1 Å². The van der Waals surface area contributed by atoms with Crippen molar-refractivity contribution in [1.29, 1.82) is 0 Å². The predicted molar refractivity (Wildman–Crippen MR) is 111 cm³/mol. The average molecular weight is 403 g/mol. The Labute approximate surface area is 166 Å². The predicted octanol–water partition coefficient (Wildman–Crippen LogP) is 4.56. The quantitative estimate of drug-likeness (QED) is 0.629. The Morgan fingerprint density at radius 3 is 2.81 bits per heavy atom. The van der Waals surface area contributed by atoms with E-state index in [0.29, 0.717) is 23.1 Å². The number of carbonyl (C=O) groups excluding carboxylic acids is 1.